The lowest BCUT2D eigenvalue weighted by molar-refractivity contribution is 0.0930. The Labute approximate surface area is 172 Å². The third-order valence-corrected chi connectivity index (χ3v) is 4.79. The maximum absolute atomic E-state index is 12.2. The average Bonchev–Trinajstić information content (AvgIpc) is 3.33. The van der Waals surface area contributed by atoms with Gasteiger partial charge in [0, 0.05) is 24.7 Å². The summed E-state index contributed by atoms with van der Waals surface area (Å²) in [5.41, 5.74) is 2.80. The molecule has 0 saturated heterocycles. The van der Waals surface area contributed by atoms with Crippen LogP contribution in [0.25, 0.3) is 11.3 Å². The number of nitrogens with zero attached hydrogens (tertiary/aromatic N) is 4. The molecule has 148 valence electrons. The van der Waals surface area contributed by atoms with Crippen molar-refractivity contribution in [3.8, 4) is 17.3 Å². The molecule has 1 amide bonds. The van der Waals surface area contributed by atoms with Crippen molar-refractivity contribution in [2.75, 3.05) is 0 Å². The van der Waals surface area contributed by atoms with Gasteiger partial charge < -0.3 is 9.73 Å². The number of halogens is 1. The van der Waals surface area contributed by atoms with Gasteiger partial charge in [-0.15, -0.1) is 0 Å². The molecule has 9 heteroatoms. The number of hydrogen-bond acceptors (Lipinski definition) is 6. The number of amides is 1. The van der Waals surface area contributed by atoms with Crippen molar-refractivity contribution in [2.45, 2.75) is 33.4 Å². The number of benzene rings is 1. The van der Waals surface area contributed by atoms with Gasteiger partial charge in [-0.1, -0.05) is 17.7 Å². The molecule has 0 aliphatic heterocycles. The maximum atomic E-state index is 12.2. The van der Waals surface area contributed by atoms with E-state index < -0.39 is 5.91 Å². The molecule has 1 unspecified atom stereocenters. The van der Waals surface area contributed by atoms with Gasteiger partial charge in [0.15, 0.2) is 5.69 Å². The van der Waals surface area contributed by atoms with Crippen LogP contribution in [0.1, 0.15) is 46.1 Å². The van der Waals surface area contributed by atoms with Crippen LogP contribution in [0.5, 0.6) is 0 Å². The standard InChI is InChI=1S/C20H18ClN5O3/c1-11(23-19(28)17-10-29-20(24-17)13(3)27)9-26-7-6-16(25-26)15-5-4-14(8-22)18(21)12(15)2/h4-7,10-11H,9H2,1-3H3,(H,23,28). The zero-order valence-electron chi connectivity index (χ0n) is 16.1. The molecule has 3 aromatic rings. The van der Waals surface area contributed by atoms with Gasteiger partial charge in [0.1, 0.15) is 12.3 Å². The van der Waals surface area contributed by atoms with Crippen molar-refractivity contribution in [3.63, 3.8) is 0 Å². The molecule has 3 rings (SSSR count). The van der Waals surface area contributed by atoms with Gasteiger partial charge in [0.05, 0.1) is 22.8 Å². The van der Waals surface area contributed by atoms with E-state index in [9.17, 15) is 9.59 Å². The van der Waals surface area contributed by atoms with Crippen LogP contribution in [-0.2, 0) is 6.54 Å². The minimum Gasteiger partial charge on any atom is -0.441 e. The van der Waals surface area contributed by atoms with Gasteiger partial charge in [-0.3, -0.25) is 14.3 Å². The Morgan fingerprint density at radius 3 is 2.79 bits per heavy atom. The molecule has 2 aromatic heterocycles. The topological polar surface area (TPSA) is 114 Å². The van der Waals surface area contributed by atoms with Gasteiger partial charge >= 0.3 is 0 Å². The Kier molecular flexibility index (Phi) is 5.80. The van der Waals surface area contributed by atoms with E-state index in [0.717, 1.165) is 23.1 Å². The molecule has 0 fully saturated rings. The molecule has 29 heavy (non-hydrogen) atoms. The fraction of sp³-hybridized carbons (Fsp3) is 0.250. The van der Waals surface area contributed by atoms with E-state index in [2.05, 4.69) is 21.5 Å². The molecule has 1 atom stereocenters. The van der Waals surface area contributed by atoms with Crippen molar-refractivity contribution >= 4 is 23.3 Å². The first-order valence-corrected chi connectivity index (χ1v) is 9.18. The lowest BCUT2D eigenvalue weighted by atomic mass is 10.0. The van der Waals surface area contributed by atoms with E-state index in [1.807, 2.05) is 26.0 Å². The zero-order chi connectivity index (χ0) is 21.1. The maximum Gasteiger partial charge on any atom is 0.273 e. The lowest BCUT2D eigenvalue weighted by Crippen LogP contribution is -2.36. The van der Waals surface area contributed by atoms with Gasteiger partial charge in [-0.2, -0.15) is 10.4 Å². The molecule has 1 aromatic carbocycles. The number of carbonyl (C=O) groups excluding carboxylic acids is 2. The number of oxazole rings is 1. The second-order valence-corrected chi connectivity index (χ2v) is 6.98. The zero-order valence-corrected chi connectivity index (χ0v) is 16.8. The van der Waals surface area contributed by atoms with Crippen LogP contribution in [-0.4, -0.2) is 32.5 Å². The van der Waals surface area contributed by atoms with E-state index in [0.29, 0.717) is 17.1 Å². The molecule has 1 N–H and O–H groups in total. The molecule has 0 aliphatic carbocycles. The summed E-state index contributed by atoms with van der Waals surface area (Å²) in [6.07, 6.45) is 2.95. The van der Waals surface area contributed by atoms with Crippen molar-refractivity contribution in [1.82, 2.24) is 20.1 Å². The number of nitriles is 1. The Bertz CT molecular complexity index is 1130. The molecule has 8 nitrogen and oxygen atoms in total. The van der Waals surface area contributed by atoms with Crippen molar-refractivity contribution in [2.24, 2.45) is 0 Å². The highest BCUT2D eigenvalue weighted by Crippen LogP contribution is 2.29. The van der Waals surface area contributed by atoms with E-state index in [1.165, 1.54) is 6.92 Å². The normalized spacial score (nSPS) is 11.7. The first-order valence-electron chi connectivity index (χ1n) is 8.80. The fourth-order valence-electron chi connectivity index (χ4n) is 2.82. The highest BCUT2D eigenvalue weighted by Gasteiger charge is 2.17. The second kappa shape index (κ2) is 8.29. The number of rotatable bonds is 6. The summed E-state index contributed by atoms with van der Waals surface area (Å²) in [4.78, 5) is 27.3. The lowest BCUT2D eigenvalue weighted by Gasteiger charge is -2.13. The smallest absolute Gasteiger partial charge is 0.273 e. The highest BCUT2D eigenvalue weighted by molar-refractivity contribution is 6.32. The molecule has 0 saturated carbocycles. The van der Waals surface area contributed by atoms with Crippen molar-refractivity contribution < 1.29 is 14.0 Å². The molecule has 0 spiro atoms. The van der Waals surface area contributed by atoms with E-state index in [4.69, 9.17) is 21.3 Å². The quantitative estimate of drug-likeness (QED) is 0.622. The summed E-state index contributed by atoms with van der Waals surface area (Å²) in [7, 11) is 0. The average molecular weight is 412 g/mol. The largest absolute Gasteiger partial charge is 0.441 e. The van der Waals surface area contributed by atoms with E-state index in [-0.39, 0.29) is 23.4 Å². The first-order chi connectivity index (χ1) is 13.8. The Morgan fingerprint density at radius 1 is 1.38 bits per heavy atom. The third kappa shape index (κ3) is 4.36. The monoisotopic (exact) mass is 411 g/mol. The predicted octanol–water partition coefficient (Wildman–Crippen LogP) is 3.39. The highest BCUT2D eigenvalue weighted by atomic mass is 35.5. The van der Waals surface area contributed by atoms with Gasteiger partial charge in [0.25, 0.3) is 11.8 Å². The predicted molar refractivity (Wildman–Crippen MR) is 106 cm³/mol. The summed E-state index contributed by atoms with van der Waals surface area (Å²) in [5.74, 6) is -0.883. The summed E-state index contributed by atoms with van der Waals surface area (Å²) < 4.78 is 6.67. The molecular formula is C20H18ClN5O3. The van der Waals surface area contributed by atoms with Crippen LogP contribution in [0.2, 0.25) is 5.02 Å². The molecular weight excluding hydrogens is 394 g/mol. The number of hydrogen-bond donors (Lipinski definition) is 1. The number of nitrogens with one attached hydrogen (secondary N) is 1. The second-order valence-electron chi connectivity index (χ2n) is 6.60. The minimum absolute atomic E-state index is 0.0473. The van der Waals surface area contributed by atoms with Gasteiger partial charge in [-0.25, -0.2) is 4.98 Å². The summed E-state index contributed by atoms with van der Waals surface area (Å²) in [6, 6.07) is 7.13. The molecule has 0 aliphatic rings. The summed E-state index contributed by atoms with van der Waals surface area (Å²) in [5, 5.41) is 16.8. The van der Waals surface area contributed by atoms with Crippen LogP contribution in [0.15, 0.2) is 35.1 Å². The van der Waals surface area contributed by atoms with Crippen LogP contribution >= 0.6 is 11.6 Å². The van der Waals surface area contributed by atoms with Crippen LogP contribution in [0, 0.1) is 18.3 Å². The Balaban J connectivity index is 1.68. The van der Waals surface area contributed by atoms with Gasteiger partial charge in [0.2, 0.25) is 5.78 Å². The minimum atomic E-state index is -0.434. The Hall–Kier alpha value is -3.44. The van der Waals surface area contributed by atoms with Crippen LogP contribution in [0.4, 0.5) is 0 Å². The number of carbonyl (C=O) groups is 2. The molecule has 2 heterocycles. The number of ketones is 1. The summed E-state index contributed by atoms with van der Waals surface area (Å²) in [6.45, 7) is 5.41. The molecule has 0 bridgehead atoms. The van der Waals surface area contributed by atoms with E-state index >= 15 is 0 Å². The Morgan fingerprint density at radius 2 is 2.14 bits per heavy atom. The van der Waals surface area contributed by atoms with Gasteiger partial charge in [-0.05, 0) is 31.5 Å². The number of aromatic nitrogens is 3. The SMILES string of the molecule is CC(=O)c1nc(C(=O)NC(C)Cn2ccc(-c3ccc(C#N)c(Cl)c3C)n2)co1. The first kappa shape index (κ1) is 20.3. The summed E-state index contributed by atoms with van der Waals surface area (Å²) >= 11 is 6.24. The van der Waals surface area contributed by atoms with Crippen molar-refractivity contribution in [3.05, 3.63) is 58.4 Å². The van der Waals surface area contributed by atoms with Crippen LogP contribution < -0.4 is 5.32 Å². The van der Waals surface area contributed by atoms with Crippen molar-refractivity contribution in [1.29, 1.82) is 5.26 Å². The number of Topliss-reactive ketones (excluding diaryl/α,β-unsaturated/α-hetero) is 1. The fourth-order valence-corrected chi connectivity index (χ4v) is 3.03. The third-order valence-electron chi connectivity index (χ3n) is 4.30. The molecule has 0 radical (unpaired) electrons. The van der Waals surface area contributed by atoms with Crippen LogP contribution in [0.3, 0.4) is 0 Å². The van der Waals surface area contributed by atoms with E-state index in [1.54, 1.807) is 16.9 Å².